The number of esters is 4. The zero-order valence-corrected chi connectivity index (χ0v) is 53.9. The average molecular weight is 1160 g/mol. The summed E-state index contributed by atoms with van der Waals surface area (Å²) in [7, 11) is -2.90. The molecule has 2 rings (SSSR count). The highest BCUT2D eigenvalue weighted by Gasteiger charge is 2.43. The lowest BCUT2D eigenvalue weighted by atomic mass is 9.61. The van der Waals surface area contributed by atoms with Crippen LogP contribution in [0.4, 0.5) is 4.79 Å². The number of rotatable bonds is 34. The second-order valence-electron chi connectivity index (χ2n) is 26.4. The Morgan fingerprint density at radius 3 is 1.41 bits per heavy atom. The predicted molar refractivity (Wildman–Crippen MR) is 317 cm³/mol. The molecule has 0 aromatic heterocycles. The molecule has 2 fully saturated rings. The third-order valence-corrected chi connectivity index (χ3v) is 27.1. The molecule has 0 aromatic rings. The first-order valence-electron chi connectivity index (χ1n) is 28.0. The van der Waals surface area contributed by atoms with E-state index in [2.05, 4.69) is 111 Å². The molecule has 454 valence electrons. The average Bonchev–Trinajstić information content (AvgIpc) is 3.26. The number of ether oxygens (including phenoxy) is 8. The number of methoxy groups -OCH3 is 1. The molecule has 2 saturated carbocycles. The van der Waals surface area contributed by atoms with Gasteiger partial charge in [-0.25, -0.2) is 14.4 Å². The minimum absolute atomic E-state index is 0. The molecule has 0 heterocycles. The zero-order chi connectivity index (χ0) is 58.7. The summed E-state index contributed by atoms with van der Waals surface area (Å²) in [5.41, 5.74) is 1.74. The Balaban J connectivity index is 0.00000156. The van der Waals surface area contributed by atoms with Gasteiger partial charge in [0.25, 0.3) is 0 Å². The monoisotopic (exact) mass is 1160 g/mol. The number of carbonyl (C=O) groups excluding carboxylic acids is 6. The normalized spacial score (nSPS) is 20.8. The largest absolute Gasteiger partial charge is 0.462 e. The molecular weight excluding hydrogens is 1050 g/mol. The first kappa shape index (κ1) is 74.6. The van der Waals surface area contributed by atoms with Crippen LogP contribution in [0, 0.1) is 21.7 Å². The molecule has 0 radical (unpaired) electrons. The first-order valence-corrected chi connectivity index (χ1v) is 38.0. The Kier molecular flexibility index (Phi) is 33.9. The van der Waals surface area contributed by atoms with E-state index in [-0.39, 0.29) is 98.5 Å². The van der Waals surface area contributed by atoms with E-state index in [9.17, 15) is 28.8 Å². The van der Waals surface area contributed by atoms with E-state index in [1.54, 1.807) is 21.0 Å². The maximum absolute atomic E-state index is 12.6. The molecule has 0 bridgehead atoms. The molecule has 2 amide bonds. The summed E-state index contributed by atoms with van der Waals surface area (Å²) < 4.78 is 48.5. The minimum Gasteiger partial charge on any atom is -0.462 e. The number of hydrogen-bond donors (Lipinski definition) is 2. The third-order valence-electron chi connectivity index (χ3n) is 13.5. The molecule has 0 saturated heterocycles. The van der Waals surface area contributed by atoms with Crippen LogP contribution in [0.1, 0.15) is 146 Å². The summed E-state index contributed by atoms with van der Waals surface area (Å²) in [6.07, 6.45) is 8.85. The molecule has 0 aromatic carbocycles. The number of carbonyl (C=O) groups is 6. The van der Waals surface area contributed by atoms with Crippen molar-refractivity contribution in [2.45, 2.75) is 216 Å². The molecule has 78 heavy (non-hydrogen) atoms. The van der Waals surface area contributed by atoms with Crippen LogP contribution < -0.4 is 10.6 Å². The SMILES string of the molecule is C.C=C(C)C(=O)OCCOC(=O)CCC1(C)CC(NC(=O)CCCOCCOC)CC(C)(C)C1.C=C(C)C(=O)OCCOC(=O)CCC1(C)CC(NC(=O)OCCOCCC[Si](C)(C)C[Si](C)(C)O[Si](C)(C)C)CC(C)(C)C1. The van der Waals surface area contributed by atoms with Crippen LogP contribution in [0.25, 0.3) is 0 Å². The molecule has 20 heteroatoms. The standard InChI is InChI=1S/C32H63NO8Si3.C25H43NO7.CH4/c1-26(2)29(35)39-20-19-38-28(34)14-15-32(5)23-27(22-31(3,4)24-32)33-30(36)40-18-17-37-16-13-21-43(9,10)25-44(11,12)41-42(6,7)8;1-19(2)23(29)33-15-14-32-22(28)9-10-25(5)17-20(16-24(3,4)18-25)26-21(27)8-7-11-31-13-12-30-6;/h27H,1,13-25H2,2-12H3,(H,33,36);20H,1,7-18H2,2-6H3,(H,26,27);1H4. The Labute approximate surface area is 475 Å². The van der Waals surface area contributed by atoms with Crippen LogP contribution in [0.5, 0.6) is 0 Å². The Hall–Kier alpha value is -3.41. The lowest BCUT2D eigenvalue weighted by Crippen LogP contribution is -2.48. The topological polar surface area (TPSA) is 210 Å². The van der Waals surface area contributed by atoms with Crippen LogP contribution in [-0.4, -0.2) is 146 Å². The van der Waals surface area contributed by atoms with Gasteiger partial charge in [0.15, 0.2) is 16.6 Å². The van der Waals surface area contributed by atoms with Gasteiger partial charge < -0.3 is 52.6 Å². The van der Waals surface area contributed by atoms with Gasteiger partial charge in [0, 0.05) is 70.9 Å². The predicted octanol–water partition coefficient (Wildman–Crippen LogP) is 11.7. The summed E-state index contributed by atoms with van der Waals surface area (Å²) in [5.74, 6) is -1.57. The molecule has 0 spiro atoms. The first-order chi connectivity index (χ1) is 35.5. The van der Waals surface area contributed by atoms with Crippen molar-refractivity contribution in [3.63, 3.8) is 0 Å². The Bertz CT molecular complexity index is 1890. The number of alkyl carbamates (subject to hydrolysis) is 1. The van der Waals surface area contributed by atoms with Crippen LogP contribution >= 0.6 is 0 Å². The summed E-state index contributed by atoms with van der Waals surface area (Å²) in [6, 6.07) is 1.25. The van der Waals surface area contributed by atoms with Gasteiger partial charge in [0.2, 0.25) is 5.91 Å². The van der Waals surface area contributed by atoms with E-state index in [4.69, 9.17) is 42.0 Å². The van der Waals surface area contributed by atoms with Gasteiger partial charge in [-0.05, 0) is 138 Å². The fraction of sp³-hybridized carbons (Fsp3) is 0.828. The van der Waals surface area contributed by atoms with Crippen molar-refractivity contribution in [2.75, 3.05) is 73.2 Å². The van der Waals surface area contributed by atoms with Gasteiger partial charge in [0.05, 0.1) is 19.8 Å². The second kappa shape index (κ2) is 35.4. The molecule has 0 aliphatic heterocycles. The third kappa shape index (κ3) is 36.0. The van der Waals surface area contributed by atoms with Gasteiger partial charge in [0.1, 0.15) is 33.0 Å². The van der Waals surface area contributed by atoms with E-state index in [1.165, 1.54) is 11.7 Å². The van der Waals surface area contributed by atoms with Gasteiger partial charge in [-0.2, -0.15) is 0 Å². The van der Waals surface area contributed by atoms with E-state index < -0.39 is 42.7 Å². The summed E-state index contributed by atoms with van der Waals surface area (Å²) in [5, 5.41) is 6.24. The molecule has 17 nitrogen and oxygen atoms in total. The van der Waals surface area contributed by atoms with Crippen molar-refractivity contribution in [1.29, 1.82) is 0 Å². The van der Waals surface area contributed by atoms with Gasteiger partial charge in [-0.15, -0.1) is 0 Å². The molecule has 2 aliphatic carbocycles. The van der Waals surface area contributed by atoms with Crippen molar-refractivity contribution in [1.82, 2.24) is 10.6 Å². The highest BCUT2D eigenvalue weighted by Crippen LogP contribution is 2.50. The van der Waals surface area contributed by atoms with Crippen molar-refractivity contribution in [3.8, 4) is 0 Å². The van der Waals surface area contributed by atoms with Crippen molar-refractivity contribution < 1.29 is 70.8 Å². The fourth-order valence-electron chi connectivity index (χ4n) is 11.8. The molecule has 2 aliphatic rings. The van der Waals surface area contributed by atoms with Gasteiger partial charge in [-0.3, -0.25) is 14.4 Å². The molecule has 4 unspecified atom stereocenters. The number of amides is 2. The summed E-state index contributed by atoms with van der Waals surface area (Å²) in [4.78, 5) is 72.2. The maximum Gasteiger partial charge on any atom is 0.407 e. The second-order valence-corrected chi connectivity index (χ2v) is 41.2. The van der Waals surface area contributed by atoms with Gasteiger partial charge >= 0.3 is 30.0 Å². The van der Waals surface area contributed by atoms with E-state index in [1.807, 2.05) is 0 Å². The highest BCUT2D eigenvalue weighted by molar-refractivity contribution is 6.95. The van der Waals surface area contributed by atoms with Crippen LogP contribution in [0.2, 0.25) is 57.5 Å². The van der Waals surface area contributed by atoms with Crippen molar-refractivity contribution >= 4 is 60.6 Å². The Morgan fingerprint density at radius 2 is 0.962 bits per heavy atom. The minimum atomic E-state index is -1.65. The number of nitrogens with one attached hydrogen (secondary N) is 2. The highest BCUT2D eigenvalue weighted by atomic mass is 28.4. The smallest absolute Gasteiger partial charge is 0.407 e. The van der Waals surface area contributed by atoms with Crippen molar-refractivity contribution in [3.05, 3.63) is 24.3 Å². The van der Waals surface area contributed by atoms with Crippen LogP contribution in [0.15, 0.2) is 24.3 Å². The lowest BCUT2D eigenvalue weighted by molar-refractivity contribution is -0.150. The summed E-state index contributed by atoms with van der Waals surface area (Å²) in [6.45, 7) is 42.8. The molecule has 4 atom stereocenters. The quantitative estimate of drug-likeness (QED) is 0.0202. The molecule has 2 N–H and O–H groups in total. The maximum atomic E-state index is 12.6. The van der Waals surface area contributed by atoms with Crippen molar-refractivity contribution in [2.24, 2.45) is 21.7 Å². The van der Waals surface area contributed by atoms with Crippen LogP contribution in [-0.2, 0) is 66.0 Å². The van der Waals surface area contributed by atoms with E-state index in [0.29, 0.717) is 76.3 Å². The van der Waals surface area contributed by atoms with E-state index in [0.717, 1.165) is 44.9 Å². The van der Waals surface area contributed by atoms with Gasteiger partial charge in [-0.1, -0.05) is 81.3 Å². The molecular formula is C58H110N2O15Si3. The van der Waals surface area contributed by atoms with Crippen LogP contribution in [0.3, 0.4) is 0 Å². The fourth-order valence-corrected chi connectivity index (χ4v) is 30.4. The zero-order valence-electron chi connectivity index (χ0n) is 50.9. The number of hydrogen-bond acceptors (Lipinski definition) is 15. The summed E-state index contributed by atoms with van der Waals surface area (Å²) >= 11 is 0. The lowest BCUT2D eigenvalue weighted by Gasteiger charge is -2.47. The Morgan fingerprint density at radius 1 is 0.538 bits per heavy atom. The van der Waals surface area contributed by atoms with E-state index >= 15 is 0 Å².